The first kappa shape index (κ1) is 16.5. The highest BCUT2D eigenvalue weighted by Gasteiger charge is 2.40. The van der Waals surface area contributed by atoms with Gasteiger partial charge in [0.25, 0.3) is 0 Å². The van der Waals surface area contributed by atoms with Crippen molar-refractivity contribution in [3.8, 4) is 5.75 Å². The number of aryl methyl sites for hydroxylation is 1. The van der Waals surface area contributed by atoms with Crippen LogP contribution in [-0.4, -0.2) is 16.9 Å². The lowest BCUT2D eigenvalue weighted by molar-refractivity contribution is -0.0291. The van der Waals surface area contributed by atoms with Gasteiger partial charge in [0, 0.05) is 23.4 Å². The molecule has 4 heteroatoms. The molecule has 4 rings (SSSR count). The lowest BCUT2D eigenvalue weighted by Gasteiger charge is -2.38. The second-order valence-corrected chi connectivity index (χ2v) is 7.83. The first-order valence-corrected chi connectivity index (χ1v) is 9.28. The summed E-state index contributed by atoms with van der Waals surface area (Å²) in [5.41, 5.74) is 4.71. The summed E-state index contributed by atoms with van der Waals surface area (Å²) in [6, 6.07) is 14.7. The van der Waals surface area contributed by atoms with Crippen molar-refractivity contribution in [3.05, 3.63) is 64.2 Å². The van der Waals surface area contributed by atoms with Crippen molar-refractivity contribution in [2.75, 3.05) is 0 Å². The maximum Gasteiger partial charge on any atom is 0.188 e. The summed E-state index contributed by atoms with van der Waals surface area (Å²) >= 11 is 6.25. The molecule has 0 fully saturated rings. The van der Waals surface area contributed by atoms with Crippen molar-refractivity contribution in [1.82, 2.24) is 5.01 Å². The van der Waals surface area contributed by atoms with E-state index in [1.54, 1.807) is 0 Å². The third-order valence-electron chi connectivity index (χ3n) is 4.89. The van der Waals surface area contributed by atoms with E-state index in [2.05, 4.69) is 50.0 Å². The number of hydrazone groups is 1. The van der Waals surface area contributed by atoms with E-state index in [-0.39, 0.29) is 12.3 Å². The van der Waals surface area contributed by atoms with Gasteiger partial charge in [-0.25, -0.2) is 0 Å². The molecule has 0 spiro atoms. The highest BCUT2D eigenvalue weighted by Crippen LogP contribution is 2.44. The molecule has 2 heterocycles. The topological polar surface area (TPSA) is 24.8 Å². The minimum Gasteiger partial charge on any atom is -0.469 e. The van der Waals surface area contributed by atoms with Crippen LogP contribution in [0.15, 0.2) is 47.6 Å². The molecule has 0 unspecified atom stereocenters. The van der Waals surface area contributed by atoms with Crippen LogP contribution in [-0.2, 0) is 0 Å². The summed E-state index contributed by atoms with van der Waals surface area (Å²) in [7, 11) is 0. The second kappa shape index (κ2) is 6.38. The summed E-state index contributed by atoms with van der Waals surface area (Å²) in [4.78, 5) is 0. The smallest absolute Gasteiger partial charge is 0.188 e. The third-order valence-corrected chi connectivity index (χ3v) is 5.12. The molecular weight excluding hydrogens is 332 g/mol. The van der Waals surface area contributed by atoms with Crippen LogP contribution < -0.4 is 4.74 Å². The molecule has 0 aliphatic carbocycles. The zero-order valence-electron chi connectivity index (χ0n) is 14.9. The Labute approximate surface area is 154 Å². The van der Waals surface area contributed by atoms with Gasteiger partial charge in [0.05, 0.1) is 11.8 Å². The van der Waals surface area contributed by atoms with Crippen LogP contribution in [0.25, 0.3) is 0 Å². The largest absolute Gasteiger partial charge is 0.469 e. The molecule has 130 valence electrons. The highest BCUT2D eigenvalue weighted by molar-refractivity contribution is 6.30. The quantitative estimate of drug-likeness (QED) is 0.720. The van der Waals surface area contributed by atoms with Gasteiger partial charge in [0.2, 0.25) is 0 Å². The van der Waals surface area contributed by atoms with Crippen LogP contribution in [0.3, 0.4) is 0 Å². The van der Waals surface area contributed by atoms with Gasteiger partial charge in [-0.2, -0.15) is 5.10 Å². The van der Waals surface area contributed by atoms with Crippen molar-refractivity contribution in [1.29, 1.82) is 0 Å². The zero-order chi connectivity index (χ0) is 17.6. The first-order valence-electron chi connectivity index (χ1n) is 8.90. The number of halogens is 1. The SMILES string of the molecule is Cc1ccc(C2=NN3[C@H](C2)c2cc(Cl)ccc2O[C@@H]3CC(C)C)cc1. The van der Waals surface area contributed by atoms with Crippen LogP contribution in [0.4, 0.5) is 0 Å². The van der Waals surface area contributed by atoms with E-state index < -0.39 is 0 Å². The fourth-order valence-corrected chi connectivity index (χ4v) is 3.79. The fraction of sp³-hybridized carbons (Fsp3) is 0.381. The maximum absolute atomic E-state index is 6.28. The molecule has 0 aromatic heterocycles. The van der Waals surface area contributed by atoms with Crippen molar-refractivity contribution in [2.45, 2.75) is 45.9 Å². The normalized spacial score (nSPS) is 21.6. The van der Waals surface area contributed by atoms with E-state index in [0.29, 0.717) is 5.92 Å². The van der Waals surface area contributed by atoms with Gasteiger partial charge >= 0.3 is 0 Å². The van der Waals surface area contributed by atoms with Gasteiger partial charge in [0.1, 0.15) is 5.75 Å². The van der Waals surface area contributed by atoms with Crippen molar-refractivity contribution in [3.63, 3.8) is 0 Å². The standard InChI is InChI=1S/C21H23ClN2O/c1-13(2)10-21-24-19(17-11-16(22)8-9-20(17)25-21)12-18(23-24)15-6-4-14(3)5-7-15/h4-9,11,13,19,21H,10,12H2,1-3H3/t19-,21-/m1/s1. The molecule has 2 aliphatic heterocycles. The molecule has 2 aliphatic rings. The number of rotatable bonds is 3. The Morgan fingerprint density at radius 2 is 1.96 bits per heavy atom. The molecular formula is C21H23ClN2O. The highest BCUT2D eigenvalue weighted by atomic mass is 35.5. The molecule has 2 aromatic carbocycles. The molecule has 0 saturated carbocycles. The fourth-order valence-electron chi connectivity index (χ4n) is 3.61. The maximum atomic E-state index is 6.28. The number of benzene rings is 2. The molecule has 0 N–H and O–H groups in total. The molecule has 3 nitrogen and oxygen atoms in total. The molecule has 25 heavy (non-hydrogen) atoms. The van der Waals surface area contributed by atoms with Gasteiger partial charge in [-0.05, 0) is 36.6 Å². The molecule has 0 radical (unpaired) electrons. The van der Waals surface area contributed by atoms with Gasteiger partial charge in [-0.1, -0.05) is 55.3 Å². The van der Waals surface area contributed by atoms with Crippen molar-refractivity contribution < 1.29 is 4.74 Å². The molecule has 0 bridgehead atoms. The minimum absolute atomic E-state index is 0.0263. The summed E-state index contributed by atoms with van der Waals surface area (Å²) in [5, 5.41) is 7.85. The Bertz CT molecular complexity index is 813. The Morgan fingerprint density at radius 1 is 1.20 bits per heavy atom. The van der Waals surface area contributed by atoms with Gasteiger partial charge < -0.3 is 4.74 Å². The minimum atomic E-state index is -0.0263. The molecule has 0 amide bonds. The lowest BCUT2D eigenvalue weighted by atomic mass is 9.95. The average molecular weight is 355 g/mol. The third kappa shape index (κ3) is 3.13. The van der Waals surface area contributed by atoms with E-state index in [4.69, 9.17) is 21.4 Å². The first-order chi connectivity index (χ1) is 12.0. The zero-order valence-corrected chi connectivity index (χ0v) is 15.6. The van der Waals surface area contributed by atoms with Gasteiger partial charge in [0.15, 0.2) is 6.23 Å². The summed E-state index contributed by atoms with van der Waals surface area (Å²) in [5.74, 6) is 1.48. The predicted octanol–water partition coefficient (Wildman–Crippen LogP) is 5.56. The Kier molecular flexibility index (Phi) is 4.20. The van der Waals surface area contributed by atoms with Gasteiger partial charge in [-0.15, -0.1) is 0 Å². The van der Waals surface area contributed by atoms with E-state index >= 15 is 0 Å². The Hall–Kier alpha value is -2.00. The monoisotopic (exact) mass is 354 g/mol. The van der Waals surface area contributed by atoms with E-state index in [1.165, 1.54) is 11.1 Å². The van der Waals surface area contributed by atoms with Crippen LogP contribution in [0, 0.1) is 12.8 Å². The van der Waals surface area contributed by atoms with Crippen LogP contribution >= 0.6 is 11.6 Å². The molecule has 2 atom stereocenters. The number of ether oxygens (including phenoxy) is 1. The second-order valence-electron chi connectivity index (χ2n) is 7.40. The summed E-state index contributed by atoms with van der Waals surface area (Å²) in [6.45, 7) is 6.54. The lowest BCUT2D eigenvalue weighted by Crippen LogP contribution is -2.41. The predicted molar refractivity (Wildman–Crippen MR) is 102 cm³/mol. The number of nitrogens with zero attached hydrogens (tertiary/aromatic N) is 2. The summed E-state index contributed by atoms with van der Waals surface area (Å²) < 4.78 is 6.28. The Balaban J connectivity index is 1.72. The molecule has 2 aromatic rings. The summed E-state index contributed by atoms with van der Waals surface area (Å²) in [6.07, 6.45) is 1.80. The van der Waals surface area contributed by atoms with Crippen LogP contribution in [0.1, 0.15) is 49.4 Å². The molecule has 0 saturated heterocycles. The van der Waals surface area contributed by atoms with Crippen LogP contribution in [0.5, 0.6) is 5.75 Å². The van der Waals surface area contributed by atoms with Crippen molar-refractivity contribution in [2.24, 2.45) is 11.0 Å². The van der Waals surface area contributed by atoms with E-state index in [0.717, 1.165) is 34.9 Å². The van der Waals surface area contributed by atoms with E-state index in [1.807, 2.05) is 18.2 Å². The number of hydrogen-bond donors (Lipinski definition) is 0. The number of fused-ring (bicyclic) bond motifs is 3. The Morgan fingerprint density at radius 3 is 2.68 bits per heavy atom. The van der Waals surface area contributed by atoms with Gasteiger partial charge in [-0.3, -0.25) is 5.01 Å². The number of hydrogen-bond acceptors (Lipinski definition) is 3. The van der Waals surface area contributed by atoms with E-state index in [9.17, 15) is 0 Å². The van der Waals surface area contributed by atoms with Crippen LogP contribution in [0.2, 0.25) is 5.02 Å². The van der Waals surface area contributed by atoms with Crippen molar-refractivity contribution >= 4 is 17.3 Å². The average Bonchev–Trinajstić information content (AvgIpc) is 3.01.